The lowest BCUT2D eigenvalue weighted by Crippen LogP contribution is -1.94. The predicted molar refractivity (Wildman–Crippen MR) is 84.4 cm³/mol. The summed E-state index contributed by atoms with van der Waals surface area (Å²) in [6.45, 7) is 0. The molecule has 0 amide bonds. The summed E-state index contributed by atoms with van der Waals surface area (Å²) in [4.78, 5) is 8.54. The molecule has 2 heterocycles. The number of halogens is 2. The molecule has 1 aliphatic carbocycles. The van der Waals surface area contributed by atoms with E-state index < -0.39 is 11.6 Å². The highest BCUT2D eigenvalue weighted by Gasteiger charge is 2.45. The first-order chi connectivity index (χ1) is 12.1. The van der Waals surface area contributed by atoms with Crippen LogP contribution in [-0.2, 0) is 6.42 Å². The molecule has 0 spiro atoms. The predicted octanol–water partition coefficient (Wildman–Crippen LogP) is 3.61. The Morgan fingerprint density at radius 2 is 2.08 bits per heavy atom. The maximum absolute atomic E-state index is 13.9. The van der Waals surface area contributed by atoms with Gasteiger partial charge in [0.2, 0.25) is 11.8 Å². The summed E-state index contributed by atoms with van der Waals surface area (Å²) in [6, 6.07) is 7.31. The van der Waals surface area contributed by atoms with E-state index in [1.54, 1.807) is 19.4 Å². The summed E-state index contributed by atoms with van der Waals surface area (Å²) in [5, 5.41) is 3.98. The lowest BCUT2D eigenvalue weighted by atomic mass is 10.1. The van der Waals surface area contributed by atoms with Gasteiger partial charge in [-0.1, -0.05) is 17.3 Å². The Bertz CT molecular complexity index is 896. The minimum absolute atomic E-state index is 0.0183. The van der Waals surface area contributed by atoms with Crippen molar-refractivity contribution in [2.45, 2.75) is 24.7 Å². The van der Waals surface area contributed by atoms with Gasteiger partial charge in [0.15, 0.2) is 5.82 Å². The third-order valence-corrected chi connectivity index (χ3v) is 4.32. The Kier molecular flexibility index (Phi) is 3.91. The third-order valence-electron chi connectivity index (χ3n) is 4.32. The van der Waals surface area contributed by atoms with Crippen molar-refractivity contribution < 1.29 is 18.0 Å². The molecule has 4 rings (SSSR count). The number of aromatic nitrogens is 3. The number of methoxy groups -OCH3 is 1. The van der Waals surface area contributed by atoms with Gasteiger partial charge in [-0.25, -0.2) is 13.8 Å². The molecule has 7 heteroatoms. The molecule has 0 N–H and O–H groups in total. The maximum Gasteiger partial charge on any atom is 0.230 e. The molecule has 0 unspecified atom stereocenters. The van der Waals surface area contributed by atoms with Crippen LogP contribution in [-0.4, -0.2) is 22.2 Å². The van der Waals surface area contributed by atoms with Crippen LogP contribution in [0.2, 0.25) is 0 Å². The van der Waals surface area contributed by atoms with Gasteiger partial charge < -0.3 is 9.26 Å². The van der Waals surface area contributed by atoms with E-state index in [1.165, 1.54) is 12.1 Å². The van der Waals surface area contributed by atoms with Crippen molar-refractivity contribution in [3.8, 4) is 5.88 Å². The normalized spacial score (nSPS) is 19.0. The maximum atomic E-state index is 13.9. The van der Waals surface area contributed by atoms with Crippen LogP contribution in [0.15, 0.2) is 41.1 Å². The molecule has 1 saturated carbocycles. The fraction of sp³-hybridized carbons (Fsp3) is 0.278. The lowest BCUT2D eigenvalue weighted by Gasteiger charge is -2.00. The highest BCUT2D eigenvalue weighted by atomic mass is 19.1. The fourth-order valence-corrected chi connectivity index (χ4v) is 2.92. The molecular formula is C18H15F2N3O2. The van der Waals surface area contributed by atoms with Gasteiger partial charge in [-0.2, -0.15) is 4.98 Å². The first-order valence-corrected chi connectivity index (χ1v) is 7.90. The zero-order valence-electron chi connectivity index (χ0n) is 13.4. The molecule has 25 heavy (non-hydrogen) atoms. The SMILES string of the molecule is COc1ccc(Cc2noc([C@@H]3C[C@H]3c3ccc(F)cc3F)n2)cn1. The Labute approximate surface area is 142 Å². The summed E-state index contributed by atoms with van der Waals surface area (Å²) in [5.41, 5.74) is 1.43. The molecule has 0 bridgehead atoms. The number of ether oxygens (including phenoxy) is 1. The van der Waals surface area contributed by atoms with Crippen molar-refractivity contribution in [1.82, 2.24) is 15.1 Å². The smallest absolute Gasteiger partial charge is 0.230 e. The van der Waals surface area contributed by atoms with Gasteiger partial charge >= 0.3 is 0 Å². The standard InChI is InChI=1S/C18H15F2N3O2/c1-24-17-5-2-10(9-21-17)6-16-22-18(25-23-16)14-8-13(14)12-4-3-11(19)7-15(12)20/h2-5,7,9,13-14H,6,8H2,1H3/t13-,14+/m0/s1. The van der Waals surface area contributed by atoms with Crippen LogP contribution in [0.1, 0.15) is 41.1 Å². The first kappa shape index (κ1) is 15.7. The summed E-state index contributed by atoms with van der Waals surface area (Å²) in [5.74, 6) is 0.409. The van der Waals surface area contributed by atoms with Gasteiger partial charge in [0.1, 0.15) is 11.6 Å². The van der Waals surface area contributed by atoms with Gasteiger partial charge in [0, 0.05) is 30.7 Å². The van der Waals surface area contributed by atoms with Crippen LogP contribution in [0, 0.1) is 11.6 Å². The number of nitrogens with zero attached hydrogens (tertiary/aromatic N) is 3. The largest absolute Gasteiger partial charge is 0.481 e. The molecule has 1 aromatic carbocycles. The number of rotatable bonds is 5. The molecule has 128 valence electrons. The first-order valence-electron chi connectivity index (χ1n) is 7.90. The number of hydrogen-bond donors (Lipinski definition) is 0. The van der Waals surface area contributed by atoms with Gasteiger partial charge in [-0.05, 0) is 29.5 Å². The highest BCUT2D eigenvalue weighted by molar-refractivity contribution is 5.32. The van der Waals surface area contributed by atoms with Crippen LogP contribution in [0.3, 0.4) is 0 Å². The minimum atomic E-state index is -0.577. The minimum Gasteiger partial charge on any atom is -0.481 e. The van der Waals surface area contributed by atoms with Crippen LogP contribution in [0.5, 0.6) is 5.88 Å². The summed E-state index contributed by atoms with van der Waals surface area (Å²) in [6.07, 6.45) is 2.90. The van der Waals surface area contributed by atoms with Crippen molar-refractivity contribution in [3.63, 3.8) is 0 Å². The number of benzene rings is 1. The lowest BCUT2D eigenvalue weighted by molar-refractivity contribution is 0.373. The molecular weight excluding hydrogens is 328 g/mol. The second kappa shape index (κ2) is 6.23. The Morgan fingerprint density at radius 1 is 1.20 bits per heavy atom. The Hall–Kier alpha value is -2.83. The second-order valence-corrected chi connectivity index (χ2v) is 6.05. The monoisotopic (exact) mass is 343 g/mol. The average Bonchev–Trinajstić information content (AvgIpc) is 3.26. The zero-order valence-corrected chi connectivity index (χ0v) is 13.4. The molecule has 1 fully saturated rings. The highest BCUT2D eigenvalue weighted by Crippen LogP contribution is 2.54. The molecule has 2 aromatic heterocycles. The van der Waals surface area contributed by atoms with Gasteiger partial charge in [0.25, 0.3) is 0 Å². The fourth-order valence-electron chi connectivity index (χ4n) is 2.92. The van der Waals surface area contributed by atoms with Crippen LogP contribution >= 0.6 is 0 Å². The van der Waals surface area contributed by atoms with Crippen LogP contribution in [0.4, 0.5) is 8.78 Å². The van der Waals surface area contributed by atoms with E-state index in [-0.39, 0.29) is 11.8 Å². The van der Waals surface area contributed by atoms with Crippen molar-refractivity contribution in [2.75, 3.05) is 7.11 Å². The molecule has 1 aliphatic rings. The molecule has 2 atom stereocenters. The number of pyridine rings is 1. The van der Waals surface area contributed by atoms with Crippen LogP contribution < -0.4 is 4.74 Å². The molecule has 5 nitrogen and oxygen atoms in total. The van der Waals surface area contributed by atoms with E-state index in [9.17, 15) is 8.78 Å². The van der Waals surface area contributed by atoms with E-state index in [2.05, 4.69) is 15.1 Å². The van der Waals surface area contributed by atoms with Crippen molar-refractivity contribution >= 4 is 0 Å². The van der Waals surface area contributed by atoms with Crippen LogP contribution in [0.25, 0.3) is 0 Å². The molecule has 0 saturated heterocycles. The van der Waals surface area contributed by atoms with Gasteiger partial charge in [-0.15, -0.1) is 0 Å². The van der Waals surface area contributed by atoms with E-state index >= 15 is 0 Å². The van der Waals surface area contributed by atoms with Crippen molar-refractivity contribution in [2.24, 2.45) is 0 Å². The second-order valence-electron chi connectivity index (χ2n) is 6.05. The quantitative estimate of drug-likeness (QED) is 0.708. The number of hydrogen-bond acceptors (Lipinski definition) is 5. The van der Waals surface area contributed by atoms with Gasteiger partial charge in [-0.3, -0.25) is 0 Å². The van der Waals surface area contributed by atoms with E-state index in [4.69, 9.17) is 9.26 Å². The molecule has 3 aromatic rings. The van der Waals surface area contributed by atoms with E-state index in [0.717, 1.165) is 11.6 Å². The molecule has 0 radical (unpaired) electrons. The Balaban J connectivity index is 1.45. The van der Waals surface area contributed by atoms with E-state index in [0.29, 0.717) is 36.0 Å². The summed E-state index contributed by atoms with van der Waals surface area (Å²) >= 11 is 0. The van der Waals surface area contributed by atoms with Crippen molar-refractivity contribution in [3.05, 3.63) is 71.0 Å². The zero-order chi connectivity index (χ0) is 17.4. The van der Waals surface area contributed by atoms with Gasteiger partial charge in [0.05, 0.1) is 7.11 Å². The summed E-state index contributed by atoms with van der Waals surface area (Å²) in [7, 11) is 1.56. The van der Waals surface area contributed by atoms with Crippen molar-refractivity contribution in [1.29, 1.82) is 0 Å². The average molecular weight is 343 g/mol. The third kappa shape index (κ3) is 3.22. The topological polar surface area (TPSA) is 61.0 Å². The summed E-state index contributed by atoms with van der Waals surface area (Å²) < 4.78 is 37.2. The molecule has 0 aliphatic heterocycles. The van der Waals surface area contributed by atoms with E-state index in [1.807, 2.05) is 6.07 Å². The Morgan fingerprint density at radius 3 is 2.80 bits per heavy atom.